The van der Waals surface area contributed by atoms with Crippen LogP contribution in [-0.4, -0.2) is 34.2 Å². The van der Waals surface area contributed by atoms with Gasteiger partial charge in [0.25, 0.3) is 5.91 Å². The molecule has 2 aromatic rings. The van der Waals surface area contributed by atoms with Crippen molar-refractivity contribution in [1.82, 2.24) is 4.90 Å². The summed E-state index contributed by atoms with van der Waals surface area (Å²) < 4.78 is 6.87. The average Bonchev–Trinajstić information content (AvgIpc) is 2.93. The molecule has 0 unspecified atom stereocenters. The highest BCUT2D eigenvalue weighted by Crippen LogP contribution is 2.32. The quantitative estimate of drug-likeness (QED) is 0.342. The molecule has 5 nitrogen and oxygen atoms in total. The molecule has 3 rings (SSSR count). The summed E-state index contributed by atoms with van der Waals surface area (Å²) >= 11 is 8.68. The maximum absolute atomic E-state index is 12.7. The first kappa shape index (κ1) is 20.8. The van der Waals surface area contributed by atoms with Crippen LogP contribution in [0, 0.1) is 3.57 Å². The van der Waals surface area contributed by atoms with E-state index in [4.69, 9.17) is 17.0 Å². The summed E-state index contributed by atoms with van der Waals surface area (Å²) in [6.07, 6.45) is 1.77. The third kappa shape index (κ3) is 5.33. The van der Waals surface area contributed by atoms with Gasteiger partial charge in [-0.15, -0.1) is 0 Å². The van der Waals surface area contributed by atoms with E-state index < -0.39 is 0 Å². The van der Waals surface area contributed by atoms with Crippen molar-refractivity contribution in [3.05, 3.63) is 62.6 Å². The molecule has 2 aromatic carbocycles. The van der Waals surface area contributed by atoms with Crippen LogP contribution in [0.2, 0.25) is 0 Å². The van der Waals surface area contributed by atoms with Crippen molar-refractivity contribution in [3.63, 3.8) is 0 Å². The number of nitrogens with zero attached hydrogens (tertiary/aromatic N) is 1. The molecule has 0 bridgehead atoms. The second kappa shape index (κ2) is 9.53. The van der Waals surface area contributed by atoms with E-state index >= 15 is 0 Å². The van der Waals surface area contributed by atoms with Crippen molar-refractivity contribution in [2.24, 2.45) is 0 Å². The number of hydrogen-bond acceptors (Lipinski definition) is 5. The third-order valence-corrected chi connectivity index (χ3v) is 5.89. The van der Waals surface area contributed by atoms with E-state index in [1.54, 1.807) is 6.08 Å². The number of carbonyl (C=O) groups is 2. The zero-order valence-electron chi connectivity index (χ0n) is 15.0. The Bertz CT molecular complexity index is 927. The Morgan fingerprint density at radius 3 is 2.54 bits per heavy atom. The zero-order valence-corrected chi connectivity index (χ0v) is 18.8. The molecule has 1 N–H and O–H groups in total. The molecule has 144 valence electrons. The highest BCUT2D eigenvalue weighted by molar-refractivity contribution is 14.1. The predicted octanol–water partition coefficient (Wildman–Crippen LogP) is 4.53. The normalized spacial score (nSPS) is 15.2. The van der Waals surface area contributed by atoms with Crippen molar-refractivity contribution in [2.45, 2.75) is 6.92 Å². The summed E-state index contributed by atoms with van der Waals surface area (Å²) in [5.41, 5.74) is 1.55. The van der Waals surface area contributed by atoms with Crippen molar-refractivity contribution in [3.8, 4) is 5.75 Å². The molecular weight excluding hydrogens is 507 g/mol. The molecule has 2 amide bonds. The molecule has 8 heteroatoms. The maximum Gasteiger partial charge on any atom is 0.266 e. The minimum Gasteiger partial charge on any atom is -0.494 e. The largest absolute Gasteiger partial charge is 0.494 e. The van der Waals surface area contributed by atoms with Crippen LogP contribution < -0.4 is 10.1 Å². The van der Waals surface area contributed by atoms with Crippen molar-refractivity contribution >= 4 is 74.5 Å². The van der Waals surface area contributed by atoms with Gasteiger partial charge in [-0.1, -0.05) is 36.1 Å². The Hall–Kier alpha value is -1.91. The summed E-state index contributed by atoms with van der Waals surface area (Å²) in [4.78, 5) is 26.8. The molecule has 28 heavy (non-hydrogen) atoms. The number of benzene rings is 2. The van der Waals surface area contributed by atoms with Crippen LogP contribution in [0.4, 0.5) is 5.69 Å². The van der Waals surface area contributed by atoms with Gasteiger partial charge in [0.1, 0.15) is 16.6 Å². The summed E-state index contributed by atoms with van der Waals surface area (Å²) in [5, 5.41) is 2.78. The fourth-order valence-electron chi connectivity index (χ4n) is 2.49. The first-order chi connectivity index (χ1) is 13.5. The number of halogens is 1. The van der Waals surface area contributed by atoms with E-state index in [1.165, 1.54) is 16.7 Å². The van der Waals surface area contributed by atoms with Gasteiger partial charge in [-0.25, -0.2) is 0 Å². The number of hydrogen-bond donors (Lipinski definition) is 1. The van der Waals surface area contributed by atoms with E-state index in [0.717, 1.165) is 14.9 Å². The number of ether oxygens (including phenoxy) is 1. The smallest absolute Gasteiger partial charge is 0.266 e. The van der Waals surface area contributed by atoms with Gasteiger partial charge in [-0.2, -0.15) is 0 Å². The molecule has 0 saturated carbocycles. The van der Waals surface area contributed by atoms with E-state index in [1.807, 2.05) is 55.5 Å². The Morgan fingerprint density at radius 2 is 1.89 bits per heavy atom. The van der Waals surface area contributed by atoms with Crippen LogP contribution >= 0.6 is 46.6 Å². The van der Waals surface area contributed by atoms with Gasteiger partial charge in [0.2, 0.25) is 5.91 Å². The number of carbonyl (C=O) groups excluding carboxylic acids is 2. The summed E-state index contributed by atoms with van der Waals surface area (Å²) in [5.74, 6) is 0.223. The number of thiocarbonyl (C=S) groups is 1. The summed E-state index contributed by atoms with van der Waals surface area (Å²) in [6.45, 7) is 2.41. The lowest BCUT2D eigenvalue weighted by molar-refractivity contribution is -0.126. The highest BCUT2D eigenvalue weighted by atomic mass is 127. The average molecular weight is 524 g/mol. The molecule has 1 fully saturated rings. The third-order valence-electron chi connectivity index (χ3n) is 3.79. The monoisotopic (exact) mass is 524 g/mol. The van der Waals surface area contributed by atoms with Crippen LogP contribution in [0.1, 0.15) is 12.5 Å². The van der Waals surface area contributed by atoms with Crippen LogP contribution in [0.5, 0.6) is 5.75 Å². The minimum atomic E-state index is -0.292. The van der Waals surface area contributed by atoms with Gasteiger partial charge in [0, 0.05) is 9.26 Å². The number of anilines is 1. The molecule has 1 aliphatic rings. The fraction of sp³-hybridized carbons (Fsp3) is 0.150. The predicted molar refractivity (Wildman–Crippen MR) is 125 cm³/mol. The number of rotatable bonds is 6. The van der Waals surface area contributed by atoms with Crippen LogP contribution in [0.3, 0.4) is 0 Å². The first-order valence-electron chi connectivity index (χ1n) is 8.50. The number of thioether (sulfide) groups is 1. The Balaban J connectivity index is 1.65. The second-order valence-electron chi connectivity index (χ2n) is 5.82. The molecule has 0 radical (unpaired) electrons. The SMILES string of the molecule is CCOc1ccc(/C=C2\SC(=S)N(CC(=O)Nc3ccc(I)cc3)C2=O)cc1. The first-order valence-corrected chi connectivity index (χ1v) is 10.8. The van der Waals surface area contributed by atoms with Gasteiger partial charge in [0.05, 0.1) is 11.5 Å². The number of nitrogens with one attached hydrogen (secondary N) is 1. The molecule has 0 aromatic heterocycles. The molecule has 1 aliphatic heterocycles. The topological polar surface area (TPSA) is 58.6 Å². The maximum atomic E-state index is 12.7. The lowest BCUT2D eigenvalue weighted by atomic mass is 10.2. The molecule has 1 heterocycles. The fourth-order valence-corrected chi connectivity index (χ4v) is 4.11. The second-order valence-corrected chi connectivity index (χ2v) is 8.75. The van der Waals surface area contributed by atoms with Crippen molar-refractivity contribution < 1.29 is 14.3 Å². The molecular formula is C20H17IN2O3S2. The number of amides is 2. The van der Waals surface area contributed by atoms with Gasteiger partial charge in [0.15, 0.2) is 0 Å². The Kier molecular flexibility index (Phi) is 7.08. The van der Waals surface area contributed by atoms with Crippen LogP contribution in [-0.2, 0) is 9.59 Å². The Morgan fingerprint density at radius 1 is 1.21 bits per heavy atom. The lowest BCUT2D eigenvalue weighted by Gasteiger charge is -2.14. The van der Waals surface area contributed by atoms with E-state index in [0.29, 0.717) is 21.5 Å². The van der Waals surface area contributed by atoms with Crippen LogP contribution in [0.25, 0.3) is 6.08 Å². The van der Waals surface area contributed by atoms with E-state index in [2.05, 4.69) is 27.9 Å². The van der Waals surface area contributed by atoms with Gasteiger partial charge in [-0.05, 0) is 77.6 Å². The van der Waals surface area contributed by atoms with E-state index in [9.17, 15) is 9.59 Å². The van der Waals surface area contributed by atoms with Gasteiger partial charge < -0.3 is 10.1 Å². The van der Waals surface area contributed by atoms with Gasteiger partial charge in [-0.3, -0.25) is 14.5 Å². The summed E-state index contributed by atoms with van der Waals surface area (Å²) in [6, 6.07) is 14.9. The minimum absolute atomic E-state index is 0.114. The summed E-state index contributed by atoms with van der Waals surface area (Å²) in [7, 11) is 0. The Labute approximate surface area is 186 Å². The highest BCUT2D eigenvalue weighted by Gasteiger charge is 2.33. The molecule has 0 spiro atoms. The van der Waals surface area contributed by atoms with Crippen molar-refractivity contribution in [2.75, 3.05) is 18.5 Å². The molecule has 1 saturated heterocycles. The molecule has 0 aliphatic carbocycles. The standard InChI is InChI=1S/C20H17IN2O3S2/c1-2-26-16-9-3-13(4-10-16)11-17-19(25)23(20(27)28-17)12-18(24)22-15-7-5-14(21)6-8-15/h3-11H,2,12H2,1H3,(H,22,24)/b17-11-. The van der Waals surface area contributed by atoms with Crippen molar-refractivity contribution in [1.29, 1.82) is 0 Å². The van der Waals surface area contributed by atoms with E-state index in [-0.39, 0.29) is 18.4 Å². The van der Waals surface area contributed by atoms with Gasteiger partial charge >= 0.3 is 0 Å². The molecule has 0 atom stereocenters. The van der Waals surface area contributed by atoms with Crippen LogP contribution in [0.15, 0.2) is 53.4 Å². The lowest BCUT2D eigenvalue weighted by Crippen LogP contribution is -2.36. The zero-order chi connectivity index (χ0) is 20.1.